The van der Waals surface area contributed by atoms with Crippen LogP contribution in [0, 0.1) is 0 Å². The molecule has 0 fully saturated rings. The lowest BCUT2D eigenvalue weighted by molar-refractivity contribution is -0.120. The number of hydrogen-bond donors (Lipinski definition) is 0. The summed E-state index contributed by atoms with van der Waals surface area (Å²) < 4.78 is 0. The van der Waals surface area contributed by atoms with Gasteiger partial charge in [-0.2, -0.15) is 0 Å². The highest BCUT2D eigenvalue weighted by Gasteiger charge is 2.25. The zero-order valence-electron chi connectivity index (χ0n) is 19.5. The van der Waals surface area contributed by atoms with Gasteiger partial charge < -0.3 is 0 Å². The number of allylic oxidation sites excluding steroid dienone is 1. The fraction of sp³-hybridized carbons (Fsp3) is 0.156. The first-order valence-electron chi connectivity index (χ1n) is 11.9. The summed E-state index contributed by atoms with van der Waals surface area (Å²) in [7, 11) is 0. The maximum Gasteiger partial charge on any atom is 0.172 e. The first kappa shape index (κ1) is 23.4. The Labute approximate surface area is 203 Å². The average molecular weight is 446 g/mol. The van der Waals surface area contributed by atoms with Crippen LogP contribution in [0.5, 0.6) is 0 Å². The highest BCUT2D eigenvalue weighted by molar-refractivity contribution is 5.94. The summed E-state index contributed by atoms with van der Waals surface area (Å²) in [5.41, 5.74) is 4.79. The molecule has 34 heavy (non-hydrogen) atoms. The molecule has 1 atom stereocenters. The number of nitrogens with zero attached hydrogens (tertiary/aromatic N) is 1. The zero-order chi connectivity index (χ0) is 23.4. The van der Waals surface area contributed by atoms with E-state index in [1.807, 2.05) is 54.6 Å². The standard InChI is InChI=1S/C32H31NO/c34-32(23-13-22-27-14-5-1-6-15-27)31(24-28-16-7-2-8-17-28)33(25-29-18-9-3-10-19-29)26-30-20-11-4-12-21-30/h1-21,23,31H,22,24-26H2/t31-/m0/s1. The summed E-state index contributed by atoms with van der Waals surface area (Å²) >= 11 is 0. The van der Waals surface area contributed by atoms with Crippen LogP contribution in [0.15, 0.2) is 133 Å². The molecular weight excluding hydrogens is 414 g/mol. The van der Waals surface area contributed by atoms with Crippen LogP contribution in [-0.4, -0.2) is 16.7 Å². The van der Waals surface area contributed by atoms with Gasteiger partial charge in [-0.25, -0.2) is 0 Å². The van der Waals surface area contributed by atoms with Gasteiger partial charge in [-0.15, -0.1) is 0 Å². The quantitative estimate of drug-likeness (QED) is 0.240. The van der Waals surface area contributed by atoms with Crippen LogP contribution in [0.2, 0.25) is 0 Å². The third-order valence-corrected chi connectivity index (χ3v) is 5.98. The molecule has 0 aliphatic heterocycles. The van der Waals surface area contributed by atoms with E-state index in [2.05, 4.69) is 77.7 Å². The van der Waals surface area contributed by atoms with Crippen LogP contribution in [0.3, 0.4) is 0 Å². The number of ketones is 1. The lowest BCUT2D eigenvalue weighted by Gasteiger charge is -2.30. The van der Waals surface area contributed by atoms with Gasteiger partial charge in [-0.1, -0.05) is 127 Å². The Bertz CT molecular complexity index is 1110. The van der Waals surface area contributed by atoms with E-state index >= 15 is 0 Å². The number of hydrogen-bond acceptors (Lipinski definition) is 2. The maximum absolute atomic E-state index is 13.6. The lowest BCUT2D eigenvalue weighted by atomic mass is 9.98. The van der Waals surface area contributed by atoms with Gasteiger partial charge in [0.25, 0.3) is 0 Å². The van der Waals surface area contributed by atoms with Gasteiger partial charge in [0.1, 0.15) is 0 Å². The summed E-state index contributed by atoms with van der Waals surface area (Å²) in [5, 5.41) is 0. The average Bonchev–Trinajstić information content (AvgIpc) is 2.89. The molecule has 4 rings (SSSR count). The van der Waals surface area contributed by atoms with Gasteiger partial charge in [0.05, 0.1) is 6.04 Å². The van der Waals surface area contributed by atoms with Crippen molar-refractivity contribution >= 4 is 5.78 Å². The first-order chi connectivity index (χ1) is 16.8. The van der Waals surface area contributed by atoms with Crippen LogP contribution in [-0.2, 0) is 30.7 Å². The Kier molecular flexibility index (Phi) is 8.59. The van der Waals surface area contributed by atoms with Gasteiger partial charge >= 0.3 is 0 Å². The van der Waals surface area contributed by atoms with Crippen molar-refractivity contribution in [2.45, 2.75) is 32.0 Å². The topological polar surface area (TPSA) is 20.3 Å². The van der Waals surface area contributed by atoms with Crippen LogP contribution in [0.1, 0.15) is 22.3 Å². The van der Waals surface area contributed by atoms with Crippen LogP contribution >= 0.6 is 0 Å². The second kappa shape index (κ2) is 12.5. The first-order valence-corrected chi connectivity index (χ1v) is 11.9. The summed E-state index contributed by atoms with van der Waals surface area (Å²) in [6, 6.07) is 41.2. The fourth-order valence-corrected chi connectivity index (χ4v) is 4.20. The number of rotatable bonds is 11. The molecule has 170 valence electrons. The highest BCUT2D eigenvalue weighted by atomic mass is 16.1. The van der Waals surface area contributed by atoms with Crippen molar-refractivity contribution < 1.29 is 4.79 Å². The maximum atomic E-state index is 13.6. The molecule has 0 heterocycles. The minimum atomic E-state index is -0.255. The van der Waals surface area contributed by atoms with Crippen molar-refractivity contribution in [2.75, 3.05) is 0 Å². The predicted octanol–water partition coefficient (Wildman–Crippen LogP) is 6.67. The smallest absolute Gasteiger partial charge is 0.172 e. The third kappa shape index (κ3) is 7.13. The zero-order valence-corrected chi connectivity index (χ0v) is 19.5. The molecule has 0 saturated heterocycles. The van der Waals surface area contributed by atoms with Crippen molar-refractivity contribution in [3.63, 3.8) is 0 Å². The van der Waals surface area contributed by atoms with E-state index in [1.54, 1.807) is 6.08 Å². The fourth-order valence-electron chi connectivity index (χ4n) is 4.20. The highest BCUT2D eigenvalue weighted by Crippen LogP contribution is 2.18. The largest absolute Gasteiger partial charge is 0.293 e. The van der Waals surface area contributed by atoms with E-state index in [0.717, 1.165) is 6.42 Å². The molecule has 0 amide bonds. The van der Waals surface area contributed by atoms with E-state index in [9.17, 15) is 4.79 Å². The minimum absolute atomic E-state index is 0.145. The molecule has 0 bridgehead atoms. The minimum Gasteiger partial charge on any atom is -0.293 e. The van der Waals surface area contributed by atoms with E-state index in [0.29, 0.717) is 19.5 Å². The molecule has 0 aliphatic rings. The molecule has 0 unspecified atom stereocenters. The molecular formula is C32H31NO. The Morgan fingerprint density at radius 2 is 1.00 bits per heavy atom. The van der Waals surface area contributed by atoms with E-state index < -0.39 is 0 Å². The van der Waals surface area contributed by atoms with Crippen molar-refractivity contribution in [3.8, 4) is 0 Å². The van der Waals surface area contributed by atoms with Crippen molar-refractivity contribution in [3.05, 3.63) is 156 Å². The molecule has 0 N–H and O–H groups in total. The van der Waals surface area contributed by atoms with Crippen LogP contribution in [0.25, 0.3) is 0 Å². The molecule has 0 aromatic heterocycles. The molecule has 0 spiro atoms. The molecule has 0 saturated carbocycles. The molecule has 4 aromatic carbocycles. The second-order valence-corrected chi connectivity index (χ2v) is 8.58. The second-order valence-electron chi connectivity index (χ2n) is 8.58. The summed E-state index contributed by atoms with van der Waals surface area (Å²) in [6.45, 7) is 1.43. The predicted molar refractivity (Wildman–Crippen MR) is 140 cm³/mol. The molecule has 0 aliphatic carbocycles. The Balaban J connectivity index is 1.61. The number of carbonyl (C=O) groups is 1. The van der Waals surface area contributed by atoms with Crippen molar-refractivity contribution in [2.24, 2.45) is 0 Å². The Morgan fingerprint density at radius 1 is 0.588 bits per heavy atom. The monoisotopic (exact) mass is 445 g/mol. The SMILES string of the molecule is O=C(C=CCc1ccccc1)[C@H](Cc1ccccc1)N(Cc1ccccc1)Cc1ccccc1. The van der Waals surface area contributed by atoms with Gasteiger partial charge in [0.2, 0.25) is 0 Å². The summed E-state index contributed by atoms with van der Waals surface area (Å²) in [4.78, 5) is 15.9. The summed E-state index contributed by atoms with van der Waals surface area (Å²) in [5.74, 6) is 0.145. The molecule has 0 radical (unpaired) electrons. The van der Waals surface area contributed by atoms with Gasteiger partial charge in [0.15, 0.2) is 5.78 Å². The van der Waals surface area contributed by atoms with Gasteiger partial charge in [-0.3, -0.25) is 9.69 Å². The Morgan fingerprint density at radius 3 is 1.47 bits per heavy atom. The van der Waals surface area contributed by atoms with Gasteiger partial charge in [-0.05, 0) is 41.2 Å². The third-order valence-electron chi connectivity index (χ3n) is 5.98. The van der Waals surface area contributed by atoms with Crippen molar-refractivity contribution in [1.29, 1.82) is 0 Å². The molecule has 2 nitrogen and oxygen atoms in total. The van der Waals surface area contributed by atoms with E-state index in [-0.39, 0.29) is 11.8 Å². The molecule has 2 heteroatoms. The van der Waals surface area contributed by atoms with Gasteiger partial charge in [0, 0.05) is 13.1 Å². The lowest BCUT2D eigenvalue weighted by Crippen LogP contribution is -2.41. The number of benzene rings is 4. The van der Waals surface area contributed by atoms with Crippen molar-refractivity contribution in [1.82, 2.24) is 4.90 Å². The van der Waals surface area contributed by atoms with Crippen LogP contribution < -0.4 is 0 Å². The van der Waals surface area contributed by atoms with E-state index in [1.165, 1.54) is 22.3 Å². The summed E-state index contributed by atoms with van der Waals surface area (Å²) in [6.07, 6.45) is 5.21. The number of carbonyl (C=O) groups excluding carboxylic acids is 1. The Hall–Kier alpha value is -3.75. The molecule has 4 aromatic rings. The van der Waals surface area contributed by atoms with E-state index in [4.69, 9.17) is 0 Å². The normalized spacial score (nSPS) is 12.1. The van der Waals surface area contributed by atoms with Crippen LogP contribution in [0.4, 0.5) is 0 Å².